The van der Waals surface area contributed by atoms with Crippen LogP contribution < -0.4 is 10.6 Å². The lowest BCUT2D eigenvalue weighted by Gasteiger charge is -2.05. The first kappa shape index (κ1) is 13.2. The van der Waals surface area contributed by atoms with Crippen LogP contribution >= 0.6 is 0 Å². The maximum atomic E-state index is 11.5. The van der Waals surface area contributed by atoms with Crippen LogP contribution in [-0.2, 0) is 9.59 Å². The second-order valence-electron chi connectivity index (χ2n) is 3.73. The van der Waals surface area contributed by atoms with E-state index in [1.54, 1.807) is 12.1 Å². The number of amides is 2. The number of pyridine rings is 1. The highest BCUT2D eigenvalue weighted by Crippen LogP contribution is 2.03. The van der Waals surface area contributed by atoms with E-state index in [4.69, 9.17) is 0 Å². The van der Waals surface area contributed by atoms with Crippen LogP contribution in [-0.4, -0.2) is 23.3 Å². The Hall–Kier alpha value is -1.91. The van der Waals surface area contributed by atoms with Gasteiger partial charge in [0.05, 0.1) is 0 Å². The predicted octanol–water partition coefficient (Wildman–Crippen LogP) is 1.24. The maximum absolute atomic E-state index is 11.5. The number of aryl methyl sites for hydroxylation is 1. The first-order valence-electron chi connectivity index (χ1n) is 5.66. The minimum Gasteiger partial charge on any atom is -0.348 e. The average molecular weight is 235 g/mol. The lowest BCUT2D eigenvalue weighted by molar-refractivity contribution is -0.136. The normalized spacial score (nSPS) is 9.76. The molecule has 0 radical (unpaired) electrons. The van der Waals surface area contributed by atoms with Gasteiger partial charge in [0.25, 0.3) is 0 Å². The Kier molecular flexibility index (Phi) is 5.13. The van der Waals surface area contributed by atoms with Crippen molar-refractivity contribution < 1.29 is 9.59 Å². The minimum absolute atomic E-state index is 0.389. The fourth-order valence-corrected chi connectivity index (χ4v) is 1.24. The summed E-state index contributed by atoms with van der Waals surface area (Å²) in [6.07, 6.45) is 1.84. The molecule has 0 aliphatic heterocycles. The van der Waals surface area contributed by atoms with Gasteiger partial charge in [-0.3, -0.25) is 9.59 Å². The molecule has 1 rings (SSSR count). The Labute approximate surface area is 101 Å². The van der Waals surface area contributed by atoms with Crippen LogP contribution in [0.5, 0.6) is 0 Å². The van der Waals surface area contributed by atoms with Gasteiger partial charge in [-0.25, -0.2) is 4.98 Å². The van der Waals surface area contributed by atoms with Crippen LogP contribution in [0.4, 0.5) is 5.82 Å². The summed E-state index contributed by atoms with van der Waals surface area (Å²) in [5.74, 6) is -0.915. The summed E-state index contributed by atoms with van der Waals surface area (Å²) in [7, 11) is 0. The van der Waals surface area contributed by atoms with Gasteiger partial charge in [-0.2, -0.15) is 0 Å². The smallest absolute Gasteiger partial charge is 0.314 e. The van der Waals surface area contributed by atoms with E-state index in [1.165, 1.54) is 0 Å². The molecule has 1 heterocycles. The number of unbranched alkanes of at least 4 members (excludes halogenated alkanes) is 1. The highest BCUT2D eigenvalue weighted by molar-refractivity contribution is 6.39. The summed E-state index contributed by atoms with van der Waals surface area (Å²) < 4.78 is 0. The average Bonchev–Trinajstić information content (AvgIpc) is 2.29. The molecule has 5 nitrogen and oxygen atoms in total. The van der Waals surface area contributed by atoms with Crippen molar-refractivity contribution in [3.05, 3.63) is 23.9 Å². The first-order chi connectivity index (χ1) is 8.13. The van der Waals surface area contributed by atoms with Crippen molar-refractivity contribution in [3.8, 4) is 0 Å². The van der Waals surface area contributed by atoms with Crippen LogP contribution in [0, 0.1) is 6.92 Å². The van der Waals surface area contributed by atoms with Crippen LogP contribution in [0.15, 0.2) is 18.2 Å². The van der Waals surface area contributed by atoms with Crippen LogP contribution in [0.25, 0.3) is 0 Å². The molecule has 1 aromatic rings. The highest BCUT2D eigenvalue weighted by atomic mass is 16.2. The largest absolute Gasteiger partial charge is 0.348 e. The molecule has 0 bridgehead atoms. The number of carbonyl (C=O) groups is 2. The number of rotatable bonds is 4. The number of anilines is 1. The molecule has 0 fully saturated rings. The van der Waals surface area contributed by atoms with E-state index in [0.29, 0.717) is 12.4 Å². The molecule has 0 aliphatic carbocycles. The maximum Gasteiger partial charge on any atom is 0.314 e. The molecule has 2 amide bonds. The molecule has 0 saturated carbocycles. The Balaban J connectivity index is 2.46. The molecule has 0 aliphatic rings. The number of hydrogen-bond acceptors (Lipinski definition) is 3. The van der Waals surface area contributed by atoms with E-state index in [2.05, 4.69) is 15.6 Å². The summed E-state index contributed by atoms with van der Waals surface area (Å²) >= 11 is 0. The third-order valence-corrected chi connectivity index (χ3v) is 2.15. The zero-order valence-electron chi connectivity index (χ0n) is 10.1. The van der Waals surface area contributed by atoms with E-state index in [0.717, 1.165) is 18.5 Å². The molecule has 2 N–H and O–H groups in total. The molecule has 17 heavy (non-hydrogen) atoms. The lowest BCUT2D eigenvalue weighted by Crippen LogP contribution is -2.36. The van der Waals surface area contributed by atoms with Crippen molar-refractivity contribution in [1.29, 1.82) is 0 Å². The predicted molar refractivity (Wildman–Crippen MR) is 65.5 cm³/mol. The van der Waals surface area contributed by atoms with Crippen molar-refractivity contribution in [2.45, 2.75) is 26.7 Å². The van der Waals surface area contributed by atoms with Gasteiger partial charge in [0.2, 0.25) is 0 Å². The minimum atomic E-state index is -0.681. The lowest BCUT2D eigenvalue weighted by atomic mass is 10.3. The molecule has 0 spiro atoms. The third-order valence-electron chi connectivity index (χ3n) is 2.15. The Morgan fingerprint density at radius 1 is 1.29 bits per heavy atom. The molecule has 0 aromatic carbocycles. The molecular formula is C12H17N3O2. The van der Waals surface area contributed by atoms with E-state index in [-0.39, 0.29) is 0 Å². The van der Waals surface area contributed by atoms with Gasteiger partial charge >= 0.3 is 11.8 Å². The number of carbonyl (C=O) groups excluding carboxylic acids is 2. The van der Waals surface area contributed by atoms with E-state index < -0.39 is 11.8 Å². The van der Waals surface area contributed by atoms with Crippen molar-refractivity contribution in [1.82, 2.24) is 10.3 Å². The van der Waals surface area contributed by atoms with Crippen LogP contribution in [0.3, 0.4) is 0 Å². The zero-order chi connectivity index (χ0) is 12.7. The van der Waals surface area contributed by atoms with Gasteiger partial charge in [-0.05, 0) is 25.5 Å². The van der Waals surface area contributed by atoms with E-state index in [9.17, 15) is 9.59 Å². The number of nitrogens with one attached hydrogen (secondary N) is 2. The molecule has 1 aromatic heterocycles. The molecule has 5 heteroatoms. The van der Waals surface area contributed by atoms with Crippen molar-refractivity contribution >= 4 is 17.6 Å². The standard InChI is InChI=1S/C12H17N3O2/c1-3-4-8-13-11(16)12(17)15-10-7-5-6-9(2)14-10/h5-7H,3-4,8H2,1-2H3,(H,13,16)(H,14,15,17). The number of nitrogens with zero attached hydrogens (tertiary/aromatic N) is 1. The zero-order valence-corrected chi connectivity index (χ0v) is 10.1. The fraction of sp³-hybridized carbons (Fsp3) is 0.417. The SMILES string of the molecule is CCCCNC(=O)C(=O)Nc1cccc(C)n1. The van der Waals surface area contributed by atoms with Gasteiger partial charge in [-0.15, -0.1) is 0 Å². The quantitative estimate of drug-likeness (QED) is 0.609. The summed E-state index contributed by atoms with van der Waals surface area (Å²) in [6, 6.07) is 5.23. The van der Waals surface area contributed by atoms with Gasteiger partial charge in [0.1, 0.15) is 5.82 Å². The summed E-state index contributed by atoms with van der Waals surface area (Å²) in [4.78, 5) is 26.9. The van der Waals surface area contributed by atoms with Crippen molar-refractivity contribution in [2.24, 2.45) is 0 Å². The summed E-state index contributed by atoms with van der Waals surface area (Å²) in [6.45, 7) is 4.35. The second-order valence-corrected chi connectivity index (χ2v) is 3.73. The third kappa shape index (κ3) is 4.63. The van der Waals surface area contributed by atoms with Gasteiger partial charge in [0.15, 0.2) is 0 Å². The van der Waals surface area contributed by atoms with Crippen molar-refractivity contribution in [3.63, 3.8) is 0 Å². The Bertz CT molecular complexity index is 404. The van der Waals surface area contributed by atoms with Crippen molar-refractivity contribution in [2.75, 3.05) is 11.9 Å². The monoisotopic (exact) mass is 235 g/mol. The Morgan fingerprint density at radius 3 is 2.71 bits per heavy atom. The van der Waals surface area contributed by atoms with Crippen LogP contribution in [0.1, 0.15) is 25.5 Å². The molecule has 0 unspecified atom stereocenters. The number of aromatic nitrogens is 1. The highest BCUT2D eigenvalue weighted by Gasteiger charge is 2.13. The van der Waals surface area contributed by atoms with Gasteiger partial charge in [0, 0.05) is 12.2 Å². The van der Waals surface area contributed by atoms with Gasteiger partial charge < -0.3 is 10.6 Å². The molecule has 92 valence electrons. The summed E-state index contributed by atoms with van der Waals surface area (Å²) in [5.41, 5.74) is 0.786. The molecule has 0 atom stereocenters. The molecular weight excluding hydrogens is 218 g/mol. The van der Waals surface area contributed by atoms with E-state index in [1.807, 2.05) is 19.9 Å². The number of hydrogen-bond donors (Lipinski definition) is 2. The van der Waals surface area contributed by atoms with Crippen LogP contribution in [0.2, 0.25) is 0 Å². The summed E-state index contributed by atoms with van der Waals surface area (Å²) in [5, 5.41) is 4.99. The molecule has 0 saturated heterocycles. The fourth-order valence-electron chi connectivity index (χ4n) is 1.24. The van der Waals surface area contributed by atoms with Gasteiger partial charge in [-0.1, -0.05) is 19.4 Å². The second kappa shape index (κ2) is 6.62. The van der Waals surface area contributed by atoms with E-state index >= 15 is 0 Å². The Morgan fingerprint density at radius 2 is 2.06 bits per heavy atom. The topological polar surface area (TPSA) is 71.1 Å². The first-order valence-corrected chi connectivity index (χ1v) is 5.66.